The fourth-order valence-electron chi connectivity index (χ4n) is 1.74. The van der Waals surface area contributed by atoms with Crippen LogP contribution in [0, 0.1) is 5.82 Å². The van der Waals surface area contributed by atoms with E-state index in [0.29, 0.717) is 30.5 Å². The number of nitrogen functional groups attached to an aromatic ring is 1. The molecule has 1 aromatic heterocycles. The highest BCUT2D eigenvalue weighted by Crippen LogP contribution is 2.25. The number of nitrogens with zero attached hydrogens (tertiary/aromatic N) is 2. The van der Waals surface area contributed by atoms with E-state index in [2.05, 4.69) is 22.2 Å². The maximum atomic E-state index is 12.8. The first-order chi connectivity index (χ1) is 10.2. The van der Waals surface area contributed by atoms with E-state index in [4.69, 9.17) is 10.5 Å². The lowest BCUT2D eigenvalue weighted by Gasteiger charge is -2.11. The molecule has 0 unspecified atom stereocenters. The zero-order chi connectivity index (χ0) is 15.1. The molecule has 0 saturated heterocycles. The molecule has 5 nitrogen and oxygen atoms in total. The molecule has 0 atom stereocenters. The molecule has 0 saturated carbocycles. The highest BCUT2D eigenvalue weighted by atomic mass is 19.1. The Balaban J connectivity index is 1.99. The number of halogens is 1. The molecule has 0 spiro atoms. The average molecular weight is 290 g/mol. The highest BCUT2D eigenvalue weighted by Gasteiger charge is 2.08. The summed E-state index contributed by atoms with van der Waals surface area (Å²) in [5.41, 5.74) is 7.30. The number of benzene rings is 1. The fraction of sp³-hybridized carbons (Fsp3) is 0.333. The van der Waals surface area contributed by atoms with Crippen molar-refractivity contribution < 1.29 is 9.13 Å². The van der Waals surface area contributed by atoms with Gasteiger partial charge in [0.1, 0.15) is 17.8 Å². The van der Waals surface area contributed by atoms with Crippen molar-refractivity contribution in [2.45, 2.75) is 26.3 Å². The van der Waals surface area contributed by atoms with Crippen LogP contribution in [0.25, 0.3) is 0 Å². The lowest BCUT2D eigenvalue weighted by Crippen LogP contribution is -2.08. The Morgan fingerprint density at radius 1 is 1.24 bits per heavy atom. The topological polar surface area (TPSA) is 73.1 Å². The Labute approximate surface area is 123 Å². The molecule has 0 aliphatic rings. The zero-order valence-electron chi connectivity index (χ0n) is 12.0. The van der Waals surface area contributed by atoms with Crippen molar-refractivity contribution >= 4 is 11.5 Å². The van der Waals surface area contributed by atoms with Crippen LogP contribution in [0.1, 0.15) is 25.3 Å². The van der Waals surface area contributed by atoms with Crippen molar-refractivity contribution in [1.29, 1.82) is 0 Å². The Hall–Kier alpha value is -2.37. The van der Waals surface area contributed by atoms with E-state index in [9.17, 15) is 4.39 Å². The largest absolute Gasteiger partial charge is 0.476 e. The first-order valence-electron chi connectivity index (χ1n) is 6.92. The molecule has 6 heteroatoms. The van der Waals surface area contributed by atoms with Crippen LogP contribution in [0.15, 0.2) is 30.6 Å². The molecular weight excluding hydrogens is 271 g/mol. The van der Waals surface area contributed by atoms with Crippen LogP contribution in [-0.2, 0) is 6.54 Å². The molecule has 0 bridgehead atoms. The second-order valence-electron chi connectivity index (χ2n) is 4.62. The summed E-state index contributed by atoms with van der Waals surface area (Å²) in [7, 11) is 0. The maximum Gasteiger partial charge on any atom is 0.242 e. The predicted molar refractivity (Wildman–Crippen MR) is 80.6 cm³/mol. The zero-order valence-corrected chi connectivity index (χ0v) is 12.0. The molecule has 3 N–H and O–H groups in total. The molecule has 112 valence electrons. The normalized spacial score (nSPS) is 10.4. The fourth-order valence-corrected chi connectivity index (χ4v) is 1.74. The quantitative estimate of drug-likeness (QED) is 0.767. The first-order valence-corrected chi connectivity index (χ1v) is 6.92. The Kier molecular flexibility index (Phi) is 5.31. The Morgan fingerprint density at radius 2 is 2.00 bits per heavy atom. The standard InChI is InChI=1S/C15H19FN4O/c1-2-3-8-21-15-13(17)14(19-10-20-15)18-9-11-4-6-12(16)7-5-11/h4-7,10H,2-3,8-9,17H2,1H3,(H,18,19,20). The Bertz CT molecular complexity index is 574. The second kappa shape index (κ2) is 7.42. The van der Waals surface area contributed by atoms with Crippen LogP contribution >= 0.6 is 0 Å². The van der Waals surface area contributed by atoms with E-state index < -0.39 is 0 Å². The van der Waals surface area contributed by atoms with Crippen molar-refractivity contribution in [3.05, 3.63) is 42.0 Å². The van der Waals surface area contributed by atoms with Gasteiger partial charge in [-0.2, -0.15) is 4.98 Å². The van der Waals surface area contributed by atoms with Gasteiger partial charge in [-0.1, -0.05) is 25.5 Å². The summed E-state index contributed by atoms with van der Waals surface area (Å²) in [6, 6.07) is 6.25. The van der Waals surface area contributed by atoms with Crippen molar-refractivity contribution in [2.75, 3.05) is 17.7 Å². The average Bonchev–Trinajstić information content (AvgIpc) is 2.49. The van der Waals surface area contributed by atoms with Gasteiger partial charge in [-0.3, -0.25) is 0 Å². The van der Waals surface area contributed by atoms with Gasteiger partial charge in [-0.05, 0) is 24.1 Å². The van der Waals surface area contributed by atoms with Crippen LogP contribution in [0.3, 0.4) is 0 Å². The van der Waals surface area contributed by atoms with Crippen molar-refractivity contribution in [1.82, 2.24) is 9.97 Å². The molecular formula is C15H19FN4O. The summed E-state index contributed by atoms with van der Waals surface area (Å²) < 4.78 is 18.4. The molecule has 0 fully saturated rings. The number of anilines is 2. The van der Waals surface area contributed by atoms with E-state index in [-0.39, 0.29) is 5.82 Å². The molecule has 0 amide bonds. The van der Waals surface area contributed by atoms with Crippen molar-refractivity contribution in [3.63, 3.8) is 0 Å². The van der Waals surface area contributed by atoms with Gasteiger partial charge in [-0.15, -0.1) is 0 Å². The maximum absolute atomic E-state index is 12.8. The van der Waals surface area contributed by atoms with Crippen LogP contribution in [-0.4, -0.2) is 16.6 Å². The summed E-state index contributed by atoms with van der Waals surface area (Å²) in [6.45, 7) is 3.16. The number of unbranched alkanes of at least 4 members (excludes halogenated alkanes) is 1. The Morgan fingerprint density at radius 3 is 2.71 bits per heavy atom. The number of hydrogen-bond acceptors (Lipinski definition) is 5. The predicted octanol–water partition coefficient (Wildman–Crippen LogP) is 2.99. The molecule has 1 aromatic carbocycles. The number of rotatable bonds is 7. The molecule has 2 aromatic rings. The number of ether oxygens (including phenoxy) is 1. The number of aromatic nitrogens is 2. The summed E-state index contributed by atoms with van der Waals surface area (Å²) in [5, 5.41) is 3.10. The molecule has 0 aliphatic heterocycles. The highest BCUT2D eigenvalue weighted by molar-refractivity contribution is 5.66. The number of hydrogen-bond donors (Lipinski definition) is 2. The van der Waals surface area contributed by atoms with Gasteiger partial charge >= 0.3 is 0 Å². The minimum atomic E-state index is -0.257. The third-order valence-electron chi connectivity index (χ3n) is 2.96. The van der Waals surface area contributed by atoms with E-state index >= 15 is 0 Å². The van der Waals surface area contributed by atoms with Crippen molar-refractivity contribution in [3.8, 4) is 5.88 Å². The van der Waals surface area contributed by atoms with Gasteiger partial charge in [-0.25, -0.2) is 9.37 Å². The smallest absolute Gasteiger partial charge is 0.242 e. The molecule has 21 heavy (non-hydrogen) atoms. The monoisotopic (exact) mass is 290 g/mol. The minimum Gasteiger partial charge on any atom is -0.476 e. The van der Waals surface area contributed by atoms with Crippen LogP contribution in [0.5, 0.6) is 5.88 Å². The minimum absolute atomic E-state index is 0.257. The summed E-state index contributed by atoms with van der Waals surface area (Å²) in [5.74, 6) is 0.646. The molecule has 0 radical (unpaired) electrons. The summed E-state index contributed by atoms with van der Waals surface area (Å²) in [6.07, 6.45) is 3.40. The van der Waals surface area contributed by atoms with Gasteiger partial charge in [0.05, 0.1) is 6.61 Å². The number of nitrogens with two attached hydrogens (primary N) is 1. The van der Waals surface area contributed by atoms with Gasteiger partial charge in [0.25, 0.3) is 0 Å². The van der Waals surface area contributed by atoms with E-state index in [1.165, 1.54) is 18.5 Å². The van der Waals surface area contributed by atoms with Crippen LogP contribution in [0.2, 0.25) is 0 Å². The number of nitrogens with one attached hydrogen (secondary N) is 1. The SMILES string of the molecule is CCCCOc1ncnc(NCc2ccc(F)cc2)c1N. The van der Waals surface area contributed by atoms with E-state index in [1.807, 2.05) is 0 Å². The summed E-state index contributed by atoms with van der Waals surface area (Å²) >= 11 is 0. The third-order valence-corrected chi connectivity index (χ3v) is 2.96. The molecule has 1 heterocycles. The van der Waals surface area contributed by atoms with Gasteiger partial charge in [0.2, 0.25) is 5.88 Å². The third kappa shape index (κ3) is 4.30. The van der Waals surface area contributed by atoms with Gasteiger partial charge in [0.15, 0.2) is 5.82 Å². The molecule has 2 rings (SSSR count). The van der Waals surface area contributed by atoms with E-state index in [0.717, 1.165) is 18.4 Å². The molecule has 0 aliphatic carbocycles. The lowest BCUT2D eigenvalue weighted by atomic mass is 10.2. The summed E-state index contributed by atoms with van der Waals surface area (Å²) in [4.78, 5) is 8.13. The van der Waals surface area contributed by atoms with E-state index in [1.54, 1.807) is 12.1 Å². The van der Waals surface area contributed by atoms with Crippen LogP contribution < -0.4 is 15.8 Å². The second-order valence-corrected chi connectivity index (χ2v) is 4.62. The van der Waals surface area contributed by atoms with Gasteiger partial charge in [0, 0.05) is 6.54 Å². The van der Waals surface area contributed by atoms with Crippen molar-refractivity contribution in [2.24, 2.45) is 0 Å². The van der Waals surface area contributed by atoms with Gasteiger partial charge < -0.3 is 15.8 Å². The first kappa shape index (κ1) is 15.0. The van der Waals surface area contributed by atoms with Crippen LogP contribution in [0.4, 0.5) is 15.9 Å². The lowest BCUT2D eigenvalue weighted by molar-refractivity contribution is 0.299.